The third-order valence-corrected chi connectivity index (χ3v) is 3.38. The van der Waals surface area contributed by atoms with Crippen molar-refractivity contribution in [2.24, 2.45) is 0 Å². The third kappa shape index (κ3) is 5.10. The van der Waals surface area contributed by atoms with Crippen LogP contribution in [0, 0.1) is 6.92 Å². The van der Waals surface area contributed by atoms with Crippen molar-refractivity contribution in [1.29, 1.82) is 0 Å². The van der Waals surface area contributed by atoms with Gasteiger partial charge in [-0.15, -0.1) is 0 Å². The average Bonchev–Trinajstić information content (AvgIpc) is 2.28. The van der Waals surface area contributed by atoms with Gasteiger partial charge in [-0.25, -0.2) is 0 Å². The second kappa shape index (κ2) is 7.82. The molecule has 1 aromatic rings. The summed E-state index contributed by atoms with van der Waals surface area (Å²) in [6, 6.07) is 6.52. The first kappa shape index (κ1) is 13.7. The molecule has 0 unspecified atom stereocenters. The molecule has 16 heavy (non-hydrogen) atoms. The van der Waals surface area contributed by atoms with Crippen LogP contribution in [0.2, 0.25) is 0 Å². The molecule has 0 radical (unpaired) electrons. The van der Waals surface area contributed by atoms with Gasteiger partial charge in [-0.1, -0.05) is 35.0 Å². The van der Waals surface area contributed by atoms with Crippen molar-refractivity contribution in [1.82, 2.24) is 10.6 Å². The summed E-state index contributed by atoms with van der Waals surface area (Å²) in [5.74, 6) is 0. The topological polar surface area (TPSA) is 24.1 Å². The van der Waals surface area contributed by atoms with Gasteiger partial charge < -0.3 is 10.6 Å². The highest BCUT2D eigenvalue weighted by molar-refractivity contribution is 9.10. The molecular formula is C13H21BrN2. The molecule has 0 fully saturated rings. The van der Waals surface area contributed by atoms with E-state index in [-0.39, 0.29) is 0 Å². The van der Waals surface area contributed by atoms with Gasteiger partial charge in [0.1, 0.15) is 0 Å². The van der Waals surface area contributed by atoms with Gasteiger partial charge >= 0.3 is 0 Å². The molecule has 0 saturated carbocycles. The van der Waals surface area contributed by atoms with E-state index in [4.69, 9.17) is 0 Å². The highest BCUT2D eigenvalue weighted by Crippen LogP contribution is 2.17. The monoisotopic (exact) mass is 284 g/mol. The largest absolute Gasteiger partial charge is 0.317 e. The first-order valence-corrected chi connectivity index (χ1v) is 6.69. The molecule has 0 heterocycles. The summed E-state index contributed by atoms with van der Waals surface area (Å²) in [4.78, 5) is 0. The van der Waals surface area contributed by atoms with Crippen LogP contribution in [0.1, 0.15) is 24.5 Å². The second-order valence-corrected chi connectivity index (χ2v) is 4.82. The van der Waals surface area contributed by atoms with Gasteiger partial charge in [0.05, 0.1) is 0 Å². The smallest absolute Gasteiger partial charge is 0.0207 e. The van der Waals surface area contributed by atoms with E-state index in [0.717, 1.165) is 26.2 Å². The van der Waals surface area contributed by atoms with Crippen molar-refractivity contribution >= 4 is 15.9 Å². The lowest BCUT2D eigenvalue weighted by Crippen LogP contribution is -2.21. The minimum atomic E-state index is 0.949. The summed E-state index contributed by atoms with van der Waals surface area (Å²) in [6.45, 7) is 8.42. The standard InChI is InChI=1S/C13H21BrN2/c1-3-15-7-4-8-16-10-12-6-5-11(2)13(14)9-12/h5-6,9,15-16H,3-4,7-8,10H2,1-2H3. The predicted molar refractivity (Wildman–Crippen MR) is 73.7 cm³/mol. The second-order valence-electron chi connectivity index (χ2n) is 3.97. The maximum absolute atomic E-state index is 3.55. The Morgan fingerprint density at radius 2 is 1.94 bits per heavy atom. The van der Waals surface area contributed by atoms with E-state index in [0.29, 0.717) is 0 Å². The average molecular weight is 285 g/mol. The first-order valence-electron chi connectivity index (χ1n) is 5.90. The van der Waals surface area contributed by atoms with Crippen LogP contribution in [0.3, 0.4) is 0 Å². The molecule has 0 saturated heterocycles. The Bertz CT molecular complexity index is 313. The molecule has 0 atom stereocenters. The van der Waals surface area contributed by atoms with E-state index in [9.17, 15) is 0 Å². The van der Waals surface area contributed by atoms with Crippen LogP contribution in [0.25, 0.3) is 0 Å². The fraction of sp³-hybridized carbons (Fsp3) is 0.538. The van der Waals surface area contributed by atoms with Crippen molar-refractivity contribution in [3.05, 3.63) is 33.8 Å². The Balaban J connectivity index is 2.19. The van der Waals surface area contributed by atoms with E-state index >= 15 is 0 Å². The molecule has 0 aromatic heterocycles. The summed E-state index contributed by atoms with van der Waals surface area (Å²) in [5, 5.41) is 6.76. The van der Waals surface area contributed by atoms with Crippen LogP contribution in [-0.2, 0) is 6.54 Å². The van der Waals surface area contributed by atoms with Crippen molar-refractivity contribution in [3.8, 4) is 0 Å². The summed E-state index contributed by atoms with van der Waals surface area (Å²) in [6.07, 6.45) is 1.18. The molecule has 2 N–H and O–H groups in total. The van der Waals surface area contributed by atoms with E-state index in [1.807, 2.05) is 0 Å². The van der Waals surface area contributed by atoms with Gasteiger partial charge in [0.15, 0.2) is 0 Å². The molecule has 0 bridgehead atoms. The Morgan fingerprint density at radius 3 is 2.62 bits per heavy atom. The highest BCUT2D eigenvalue weighted by atomic mass is 79.9. The van der Waals surface area contributed by atoms with Crippen molar-refractivity contribution in [2.75, 3.05) is 19.6 Å². The van der Waals surface area contributed by atoms with Crippen molar-refractivity contribution < 1.29 is 0 Å². The Morgan fingerprint density at radius 1 is 1.19 bits per heavy atom. The number of hydrogen-bond donors (Lipinski definition) is 2. The zero-order valence-electron chi connectivity index (χ0n) is 10.1. The SMILES string of the molecule is CCNCCCNCc1ccc(C)c(Br)c1. The maximum atomic E-state index is 3.55. The van der Waals surface area contributed by atoms with Crippen LogP contribution in [0.15, 0.2) is 22.7 Å². The normalized spacial score (nSPS) is 10.7. The van der Waals surface area contributed by atoms with Gasteiger partial charge in [0.25, 0.3) is 0 Å². The number of aryl methyl sites for hydroxylation is 1. The Hall–Kier alpha value is -0.380. The predicted octanol–water partition coefficient (Wildman–Crippen LogP) is 2.85. The van der Waals surface area contributed by atoms with Crippen molar-refractivity contribution in [3.63, 3.8) is 0 Å². The van der Waals surface area contributed by atoms with Gasteiger partial charge in [0.2, 0.25) is 0 Å². The van der Waals surface area contributed by atoms with Crippen LogP contribution in [0.5, 0.6) is 0 Å². The molecule has 0 aliphatic rings. The lowest BCUT2D eigenvalue weighted by atomic mass is 10.1. The van der Waals surface area contributed by atoms with Gasteiger partial charge in [-0.05, 0) is 50.2 Å². The number of hydrogen-bond acceptors (Lipinski definition) is 2. The van der Waals surface area contributed by atoms with Gasteiger partial charge in [-0.3, -0.25) is 0 Å². The van der Waals surface area contributed by atoms with E-state index in [1.54, 1.807) is 0 Å². The van der Waals surface area contributed by atoms with Gasteiger partial charge in [0, 0.05) is 11.0 Å². The molecular weight excluding hydrogens is 264 g/mol. The summed E-state index contributed by atoms with van der Waals surface area (Å²) < 4.78 is 1.19. The summed E-state index contributed by atoms with van der Waals surface area (Å²) in [5.41, 5.74) is 2.62. The minimum Gasteiger partial charge on any atom is -0.317 e. The number of halogens is 1. The Kier molecular flexibility index (Phi) is 6.69. The molecule has 1 rings (SSSR count). The van der Waals surface area contributed by atoms with Crippen LogP contribution >= 0.6 is 15.9 Å². The van der Waals surface area contributed by atoms with E-state index in [1.165, 1.54) is 22.0 Å². The van der Waals surface area contributed by atoms with Crippen LogP contribution in [0.4, 0.5) is 0 Å². The van der Waals surface area contributed by atoms with Crippen LogP contribution < -0.4 is 10.6 Å². The van der Waals surface area contributed by atoms with Gasteiger partial charge in [-0.2, -0.15) is 0 Å². The lowest BCUT2D eigenvalue weighted by Gasteiger charge is -2.07. The Labute approximate surface area is 107 Å². The minimum absolute atomic E-state index is 0.949. The number of benzene rings is 1. The van der Waals surface area contributed by atoms with E-state index in [2.05, 4.69) is 58.6 Å². The lowest BCUT2D eigenvalue weighted by molar-refractivity contribution is 0.606. The molecule has 0 aliphatic carbocycles. The molecule has 0 aliphatic heterocycles. The van der Waals surface area contributed by atoms with E-state index < -0.39 is 0 Å². The number of nitrogens with one attached hydrogen (secondary N) is 2. The summed E-state index contributed by atoms with van der Waals surface area (Å²) in [7, 11) is 0. The third-order valence-electron chi connectivity index (χ3n) is 2.52. The molecule has 1 aromatic carbocycles. The summed E-state index contributed by atoms with van der Waals surface area (Å²) >= 11 is 3.55. The molecule has 0 amide bonds. The quantitative estimate of drug-likeness (QED) is 0.753. The molecule has 3 heteroatoms. The highest BCUT2D eigenvalue weighted by Gasteiger charge is 1.97. The fourth-order valence-electron chi connectivity index (χ4n) is 1.49. The van der Waals surface area contributed by atoms with Crippen LogP contribution in [-0.4, -0.2) is 19.6 Å². The van der Waals surface area contributed by atoms with Crippen molar-refractivity contribution in [2.45, 2.75) is 26.8 Å². The maximum Gasteiger partial charge on any atom is 0.0207 e. The molecule has 0 spiro atoms. The zero-order valence-corrected chi connectivity index (χ0v) is 11.7. The molecule has 90 valence electrons. The zero-order chi connectivity index (χ0) is 11.8. The fourth-order valence-corrected chi connectivity index (χ4v) is 1.92. The molecule has 2 nitrogen and oxygen atoms in total. The first-order chi connectivity index (χ1) is 7.74. The number of rotatable bonds is 7.